The highest BCUT2D eigenvalue weighted by atomic mass is 15.3. The molecule has 14 heavy (non-hydrogen) atoms. The van der Waals surface area contributed by atoms with E-state index in [2.05, 4.69) is 55.1 Å². The minimum absolute atomic E-state index is 0.0847. The average Bonchev–Trinajstić information content (AvgIpc) is 2.44. The van der Waals surface area contributed by atoms with Crippen LogP contribution in [0.25, 0.3) is 0 Å². The number of hydrogen-bond donors (Lipinski definition) is 0. The summed E-state index contributed by atoms with van der Waals surface area (Å²) in [5.74, 6) is 0. The van der Waals surface area contributed by atoms with Crippen molar-refractivity contribution < 1.29 is 0 Å². The second kappa shape index (κ2) is 3.12. The summed E-state index contributed by atoms with van der Waals surface area (Å²) in [7, 11) is 2.08. The number of hydrogen-bond acceptors (Lipinski definition) is 2. The molecule has 1 aliphatic heterocycles. The maximum absolute atomic E-state index is 4.54. The summed E-state index contributed by atoms with van der Waals surface area (Å²) in [6.07, 6.45) is 1.93. The van der Waals surface area contributed by atoms with Crippen molar-refractivity contribution in [3.8, 4) is 0 Å². The van der Waals surface area contributed by atoms with E-state index in [9.17, 15) is 0 Å². The van der Waals surface area contributed by atoms with Crippen LogP contribution in [0.4, 0.5) is 0 Å². The van der Waals surface area contributed by atoms with Gasteiger partial charge >= 0.3 is 0 Å². The summed E-state index contributed by atoms with van der Waals surface area (Å²) in [5, 5.41) is 0. The van der Waals surface area contributed by atoms with E-state index in [4.69, 9.17) is 0 Å². The molecule has 0 radical (unpaired) electrons. The quantitative estimate of drug-likeness (QED) is 0.661. The zero-order valence-electron chi connectivity index (χ0n) is 8.94. The van der Waals surface area contributed by atoms with Gasteiger partial charge in [-0.3, -0.25) is 4.99 Å². The highest BCUT2D eigenvalue weighted by Crippen LogP contribution is 2.36. The topological polar surface area (TPSA) is 15.6 Å². The average molecular weight is 188 g/mol. The van der Waals surface area contributed by atoms with Crippen LogP contribution in [0.3, 0.4) is 0 Å². The third kappa shape index (κ3) is 1.31. The molecule has 1 aliphatic rings. The van der Waals surface area contributed by atoms with Gasteiger partial charge in [-0.1, -0.05) is 30.3 Å². The molecule has 0 aliphatic carbocycles. The zero-order chi connectivity index (χ0) is 10.2. The van der Waals surface area contributed by atoms with Gasteiger partial charge in [0.1, 0.15) is 0 Å². The Hall–Kier alpha value is -1.31. The van der Waals surface area contributed by atoms with E-state index in [1.165, 1.54) is 5.56 Å². The predicted octanol–water partition coefficient (Wildman–Crippen LogP) is 2.48. The van der Waals surface area contributed by atoms with Crippen LogP contribution in [0.2, 0.25) is 0 Å². The van der Waals surface area contributed by atoms with Crippen LogP contribution in [0, 0.1) is 0 Å². The van der Waals surface area contributed by atoms with Gasteiger partial charge in [-0.15, -0.1) is 0 Å². The summed E-state index contributed by atoms with van der Waals surface area (Å²) in [5.41, 5.74) is 1.37. The second-order valence-corrected chi connectivity index (χ2v) is 4.34. The second-order valence-electron chi connectivity index (χ2n) is 4.34. The van der Waals surface area contributed by atoms with Crippen LogP contribution in [-0.2, 0) is 0 Å². The number of nitrogens with zero attached hydrogens (tertiary/aromatic N) is 2. The maximum Gasteiger partial charge on any atom is 0.0992 e. The molecule has 1 aromatic carbocycles. The van der Waals surface area contributed by atoms with Gasteiger partial charge in [-0.2, -0.15) is 0 Å². The zero-order valence-corrected chi connectivity index (χ0v) is 8.94. The van der Waals surface area contributed by atoms with Crippen LogP contribution in [0.5, 0.6) is 0 Å². The molecule has 1 unspecified atom stereocenters. The van der Waals surface area contributed by atoms with E-state index in [1.54, 1.807) is 0 Å². The molecule has 74 valence electrons. The van der Waals surface area contributed by atoms with Gasteiger partial charge in [0.2, 0.25) is 0 Å². The smallest absolute Gasteiger partial charge is 0.0992 e. The Morgan fingerprint density at radius 2 is 1.86 bits per heavy atom. The fourth-order valence-electron chi connectivity index (χ4n) is 1.82. The minimum atomic E-state index is 0.0847. The molecule has 0 saturated carbocycles. The largest absolute Gasteiger partial charge is 0.358 e. The molecule has 2 rings (SSSR count). The Kier molecular flexibility index (Phi) is 2.06. The lowest BCUT2D eigenvalue weighted by atomic mass is 9.89. The minimum Gasteiger partial charge on any atom is -0.358 e. The van der Waals surface area contributed by atoms with E-state index >= 15 is 0 Å². The normalized spacial score (nSPS) is 24.2. The van der Waals surface area contributed by atoms with Crippen molar-refractivity contribution in [1.29, 1.82) is 0 Å². The molecule has 1 aromatic rings. The summed E-state index contributed by atoms with van der Waals surface area (Å²) in [6.45, 7) is 4.44. The Labute approximate surface area is 85.3 Å². The molecule has 0 N–H and O–H groups in total. The molecule has 0 amide bonds. The van der Waals surface area contributed by atoms with Gasteiger partial charge in [0.05, 0.1) is 17.9 Å². The fraction of sp³-hybridized carbons (Fsp3) is 0.417. The molecule has 2 heteroatoms. The monoisotopic (exact) mass is 188 g/mol. The van der Waals surface area contributed by atoms with Gasteiger partial charge in [-0.25, -0.2) is 0 Å². The lowest BCUT2D eigenvalue weighted by Gasteiger charge is -2.33. The molecule has 0 aromatic heterocycles. The molecule has 2 nitrogen and oxygen atoms in total. The van der Waals surface area contributed by atoms with Crippen molar-refractivity contribution in [1.82, 2.24) is 4.90 Å². The number of rotatable bonds is 1. The molecule has 1 heterocycles. The van der Waals surface area contributed by atoms with Crippen molar-refractivity contribution >= 4 is 6.34 Å². The van der Waals surface area contributed by atoms with E-state index < -0.39 is 0 Å². The Morgan fingerprint density at radius 3 is 2.36 bits per heavy atom. The molecular formula is C12H16N2. The number of likely N-dealkylation sites (N-methyl/N-ethyl adjacent to an activating group) is 1. The van der Waals surface area contributed by atoms with E-state index in [-0.39, 0.29) is 11.6 Å². The summed E-state index contributed by atoms with van der Waals surface area (Å²) >= 11 is 0. The third-order valence-electron chi connectivity index (χ3n) is 3.08. The summed E-state index contributed by atoms with van der Waals surface area (Å²) in [6, 6.07) is 10.7. The first-order valence-electron chi connectivity index (χ1n) is 4.93. The van der Waals surface area contributed by atoms with Gasteiger partial charge in [0, 0.05) is 7.05 Å². The van der Waals surface area contributed by atoms with E-state index in [1.807, 2.05) is 12.4 Å². The maximum atomic E-state index is 4.54. The van der Waals surface area contributed by atoms with Crippen molar-refractivity contribution in [3.05, 3.63) is 35.9 Å². The standard InChI is InChI=1S/C12H16N2/c1-12(2)11(13-9-14(12)3)10-7-5-4-6-8-10/h4-9,11H,1-3H3. The Morgan fingerprint density at radius 1 is 1.21 bits per heavy atom. The highest BCUT2D eigenvalue weighted by molar-refractivity contribution is 5.60. The Bertz CT molecular complexity index is 341. The van der Waals surface area contributed by atoms with Crippen molar-refractivity contribution in [3.63, 3.8) is 0 Å². The van der Waals surface area contributed by atoms with Crippen LogP contribution in [0.15, 0.2) is 35.3 Å². The highest BCUT2D eigenvalue weighted by Gasteiger charge is 2.37. The van der Waals surface area contributed by atoms with Crippen LogP contribution in [0.1, 0.15) is 25.5 Å². The molecule has 0 spiro atoms. The van der Waals surface area contributed by atoms with Crippen LogP contribution < -0.4 is 0 Å². The van der Waals surface area contributed by atoms with Crippen LogP contribution in [-0.4, -0.2) is 23.8 Å². The summed E-state index contributed by atoms with van der Waals surface area (Å²) < 4.78 is 0. The Balaban J connectivity index is 2.34. The van der Waals surface area contributed by atoms with Gasteiger partial charge in [0.25, 0.3) is 0 Å². The molecule has 0 fully saturated rings. The first kappa shape index (κ1) is 9.25. The van der Waals surface area contributed by atoms with Gasteiger partial charge in [0.15, 0.2) is 0 Å². The van der Waals surface area contributed by atoms with E-state index in [0.717, 1.165) is 0 Å². The molecular weight excluding hydrogens is 172 g/mol. The lowest BCUT2D eigenvalue weighted by molar-refractivity contribution is 0.246. The number of benzene rings is 1. The molecule has 1 atom stereocenters. The SMILES string of the molecule is CN1C=NC(c2ccccc2)C1(C)C. The first-order chi connectivity index (χ1) is 6.62. The molecule has 0 saturated heterocycles. The van der Waals surface area contributed by atoms with Crippen LogP contribution >= 0.6 is 0 Å². The third-order valence-corrected chi connectivity index (χ3v) is 3.08. The lowest BCUT2D eigenvalue weighted by Crippen LogP contribution is -2.39. The van der Waals surface area contributed by atoms with Crippen molar-refractivity contribution in [2.24, 2.45) is 4.99 Å². The van der Waals surface area contributed by atoms with Gasteiger partial charge < -0.3 is 4.90 Å². The fourth-order valence-corrected chi connectivity index (χ4v) is 1.82. The van der Waals surface area contributed by atoms with E-state index in [0.29, 0.717) is 0 Å². The summed E-state index contributed by atoms with van der Waals surface area (Å²) in [4.78, 5) is 6.71. The van der Waals surface area contributed by atoms with Crippen molar-refractivity contribution in [2.75, 3.05) is 7.05 Å². The first-order valence-corrected chi connectivity index (χ1v) is 4.93. The van der Waals surface area contributed by atoms with Gasteiger partial charge in [-0.05, 0) is 19.4 Å². The predicted molar refractivity (Wildman–Crippen MR) is 59.5 cm³/mol. The van der Waals surface area contributed by atoms with Crippen molar-refractivity contribution in [2.45, 2.75) is 25.4 Å². The molecule has 0 bridgehead atoms. The number of aliphatic imine (C=N–C) groups is 1.